The van der Waals surface area contributed by atoms with E-state index in [4.69, 9.17) is 0 Å². The van der Waals surface area contributed by atoms with E-state index in [9.17, 15) is 13.5 Å². The normalized spacial score (nSPS) is 13.0. The van der Waals surface area contributed by atoms with Crippen LogP contribution in [0.15, 0.2) is 59.8 Å². The molecule has 2 rings (SSSR count). The van der Waals surface area contributed by atoms with Gasteiger partial charge >= 0.3 is 0 Å². The van der Waals surface area contributed by atoms with E-state index in [2.05, 4.69) is 9.71 Å². The lowest BCUT2D eigenvalue weighted by Gasteiger charge is -2.16. The third-order valence-corrected chi connectivity index (χ3v) is 4.92. The average Bonchev–Trinajstić information content (AvgIpc) is 2.55. The molecule has 0 amide bonds. The van der Waals surface area contributed by atoms with E-state index >= 15 is 0 Å². The Labute approximate surface area is 131 Å². The molecule has 1 unspecified atom stereocenters. The van der Waals surface area contributed by atoms with Crippen LogP contribution in [0.4, 0.5) is 0 Å². The molecule has 0 aliphatic carbocycles. The zero-order valence-corrected chi connectivity index (χ0v) is 13.0. The fraction of sp³-hybridized carbons (Fsp3) is 0.312. The maximum atomic E-state index is 12.1. The van der Waals surface area contributed by atoms with Gasteiger partial charge in [-0.15, -0.1) is 0 Å². The number of rotatable bonds is 8. The van der Waals surface area contributed by atoms with Gasteiger partial charge in [-0.25, -0.2) is 13.1 Å². The molecule has 0 fully saturated rings. The van der Waals surface area contributed by atoms with Crippen LogP contribution in [-0.2, 0) is 10.0 Å². The van der Waals surface area contributed by atoms with Gasteiger partial charge in [0.25, 0.3) is 0 Å². The van der Waals surface area contributed by atoms with Crippen LogP contribution in [0, 0.1) is 0 Å². The van der Waals surface area contributed by atoms with Gasteiger partial charge in [-0.3, -0.25) is 4.98 Å². The molecule has 1 aromatic carbocycles. The number of hydrogen-bond acceptors (Lipinski definition) is 4. The van der Waals surface area contributed by atoms with Gasteiger partial charge in [0, 0.05) is 25.5 Å². The van der Waals surface area contributed by atoms with Crippen molar-refractivity contribution in [2.45, 2.75) is 23.7 Å². The zero-order chi connectivity index (χ0) is 15.8. The molecule has 22 heavy (non-hydrogen) atoms. The van der Waals surface area contributed by atoms with Gasteiger partial charge < -0.3 is 5.11 Å². The highest BCUT2D eigenvalue weighted by Crippen LogP contribution is 2.22. The molecule has 0 saturated heterocycles. The van der Waals surface area contributed by atoms with Crippen molar-refractivity contribution >= 4 is 10.0 Å². The number of hydrogen-bond donors (Lipinski definition) is 2. The monoisotopic (exact) mass is 320 g/mol. The quantitative estimate of drug-likeness (QED) is 0.779. The molecular weight excluding hydrogens is 300 g/mol. The Bertz CT molecular complexity index is 660. The van der Waals surface area contributed by atoms with Crippen LogP contribution >= 0.6 is 0 Å². The Kier molecular flexibility index (Phi) is 6.06. The molecular formula is C16H20N2O3S. The molecule has 2 aromatic rings. The lowest BCUT2D eigenvalue weighted by molar-refractivity contribution is 0.273. The number of aliphatic hydroxyl groups excluding tert-OH is 1. The topological polar surface area (TPSA) is 79.3 Å². The SMILES string of the molecule is O=S(=O)(NCCC(CCO)c1ccccc1)c1cccnc1. The molecule has 0 radical (unpaired) electrons. The van der Waals surface area contributed by atoms with Crippen molar-refractivity contribution in [2.24, 2.45) is 0 Å². The van der Waals surface area contributed by atoms with Crippen LogP contribution in [-0.4, -0.2) is 31.7 Å². The minimum Gasteiger partial charge on any atom is -0.396 e. The minimum atomic E-state index is -3.53. The summed E-state index contributed by atoms with van der Waals surface area (Å²) in [6.07, 6.45) is 4.10. The van der Waals surface area contributed by atoms with Gasteiger partial charge in [-0.05, 0) is 36.5 Å². The van der Waals surface area contributed by atoms with Crippen LogP contribution in [0.1, 0.15) is 24.3 Å². The van der Waals surface area contributed by atoms with E-state index in [1.807, 2.05) is 30.3 Å². The highest BCUT2D eigenvalue weighted by atomic mass is 32.2. The maximum Gasteiger partial charge on any atom is 0.242 e. The Hall–Kier alpha value is -1.76. The van der Waals surface area contributed by atoms with Gasteiger partial charge in [-0.1, -0.05) is 30.3 Å². The zero-order valence-electron chi connectivity index (χ0n) is 12.2. The van der Waals surface area contributed by atoms with E-state index < -0.39 is 10.0 Å². The second-order valence-electron chi connectivity index (χ2n) is 5.00. The molecule has 118 valence electrons. The Morgan fingerprint density at radius 3 is 2.50 bits per heavy atom. The van der Waals surface area contributed by atoms with Crippen molar-refractivity contribution in [3.05, 3.63) is 60.4 Å². The summed E-state index contributed by atoms with van der Waals surface area (Å²) in [7, 11) is -3.53. The number of aliphatic hydroxyl groups is 1. The van der Waals surface area contributed by atoms with E-state index in [1.54, 1.807) is 6.07 Å². The highest BCUT2D eigenvalue weighted by Gasteiger charge is 2.16. The molecule has 1 aromatic heterocycles. The van der Waals surface area contributed by atoms with Gasteiger partial charge in [0.1, 0.15) is 4.90 Å². The molecule has 5 nitrogen and oxygen atoms in total. The minimum absolute atomic E-state index is 0.0783. The Balaban J connectivity index is 1.96. The summed E-state index contributed by atoms with van der Waals surface area (Å²) in [6, 6.07) is 12.9. The van der Waals surface area contributed by atoms with Crippen molar-refractivity contribution in [1.82, 2.24) is 9.71 Å². The molecule has 0 spiro atoms. The fourth-order valence-corrected chi connectivity index (χ4v) is 3.33. The summed E-state index contributed by atoms with van der Waals surface area (Å²) in [4.78, 5) is 3.98. The van der Waals surface area contributed by atoms with Gasteiger partial charge in [0.2, 0.25) is 10.0 Å². The first-order chi connectivity index (χ1) is 10.6. The fourth-order valence-electron chi connectivity index (χ4n) is 2.32. The molecule has 2 N–H and O–H groups in total. The largest absolute Gasteiger partial charge is 0.396 e. The van der Waals surface area contributed by atoms with Gasteiger partial charge in [0.05, 0.1) is 0 Å². The molecule has 1 atom stereocenters. The molecule has 0 saturated carbocycles. The van der Waals surface area contributed by atoms with E-state index in [0.29, 0.717) is 19.4 Å². The van der Waals surface area contributed by atoms with Crippen molar-refractivity contribution < 1.29 is 13.5 Å². The van der Waals surface area contributed by atoms with Crippen molar-refractivity contribution in [3.8, 4) is 0 Å². The number of nitrogens with one attached hydrogen (secondary N) is 1. The standard InChI is InChI=1S/C16H20N2O3S/c19-12-9-15(14-5-2-1-3-6-14)8-11-18-22(20,21)16-7-4-10-17-13-16/h1-7,10,13,15,18-19H,8-9,11-12H2. The summed E-state index contributed by atoms with van der Waals surface area (Å²) in [6.45, 7) is 0.395. The molecule has 0 aliphatic rings. The summed E-state index contributed by atoms with van der Waals surface area (Å²) in [5.41, 5.74) is 1.11. The summed E-state index contributed by atoms with van der Waals surface area (Å²) in [5, 5.41) is 9.19. The summed E-state index contributed by atoms with van der Waals surface area (Å²) >= 11 is 0. The lowest BCUT2D eigenvalue weighted by Crippen LogP contribution is -2.26. The molecule has 1 heterocycles. The van der Waals surface area contributed by atoms with E-state index in [0.717, 1.165) is 5.56 Å². The molecule has 0 aliphatic heterocycles. The maximum absolute atomic E-state index is 12.1. The Morgan fingerprint density at radius 2 is 1.86 bits per heavy atom. The summed E-state index contributed by atoms with van der Waals surface area (Å²) < 4.78 is 26.8. The second kappa shape index (κ2) is 8.03. The average molecular weight is 320 g/mol. The number of nitrogens with zero attached hydrogens (tertiary/aromatic N) is 1. The van der Waals surface area contributed by atoms with Crippen molar-refractivity contribution in [3.63, 3.8) is 0 Å². The van der Waals surface area contributed by atoms with E-state index in [-0.39, 0.29) is 17.4 Å². The van der Waals surface area contributed by atoms with Crippen LogP contribution in [0.2, 0.25) is 0 Å². The molecule has 0 bridgehead atoms. The lowest BCUT2D eigenvalue weighted by atomic mass is 9.93. The van der Waals surface area contributed by atoms with Crippen molar-refractivity contribution in [2.75, 3.05) is 13.2 Å². The first kappa shape index (κ1) is 16.6. The number of sulfonamides is 1. The van der Waals surface area contributed by atoms with Crippen LogP contribution < -0.4 is 4.72 Å². The predicted molar refractivity (Wildman–Crippen MR) is 84.9 cm³/mol. The van der Waals surface area contributed by atoms with Crippen LogP contribution in [0.25, 0.3) is 0 Å². The number of benzene rings is 1. The first-order valence-electron chi connectivity index (χ1n) is 7.19. The van der Waals surface area contributed by atoms with Crippen LogP contribution in [0.5, 0.6) is 0 Å². The number of aromatic nitrogens is 1. The third-order valence-electron chi connectivity index (χ3n) is 3.48. The summed E-state index contributed by atoms with van der Waals surface area (Å²) in [5.74, 6) is 0.128. The first-order valence-corrected chi connectivity index (χ1v) is 8.67. The van der Waals surface area contributed by atoms with Crippen LogP contribution in [0.3, 0.4) is 0 Å². The van der Waals surface area contributed by atoms with E-state index in [1.165, 1.54) is 18.5 Å². The number of pyridine rings is 1. The predicted octanol–water partition coefficient (Wildman–Crippen LogP) is 1.92. The smallest absolute Gasteiger partial charge is 0.242 e. The third kappa shape index (κ3) is 4.62. The highest BCUT2D eigenvalue weighted by molar-refractivity contribution is 7.89. The second-order valence-corrected chi connectivity index (χ2v) is 6.76. The molecule has 6 heteroatoms. The van der Waals surface area contributed by atoms with Crippen molar-refractivity contribution in [1.29, 1.82) is 0 Å². The van der Waals surface area contributed by atoms with Gasteiger partial charge in [-0.2, -0.15) is 0 Å². The van der Waals surface area contributed by atoms with Gasteiger partial charge in [0.15, 0.2) is 0 Å². The Morgan fingerprint density at radius 1 is 1.09 bits per heavy atom.